The molecule has 2 aromatic carbocycles. The van der Waals surface area contributed by atoms with Gasteiger partial charge in [0, 0.05) is 43.4 Å². The predicted molar refractivity (Wildman–Crippen MR) is 117 cm³/mol. The van der Waals surface area contributed by atoms with Gasteiger partial charge in [-0.1, -0.05) is 24.3 Å². The van der Waals surface area contributed by atoms with E-state index in [4.69, 9.17) is 0 Å². The average molecular weight is 454 g/mol. The van der Waals surface area contributed by atoms with Crippen molar-refractivity contribution in [3.63, 3.8) is 0 Å². The molecule has 0 bridgehead atoms. The number of halogens is 3. The van der Waals surface area contributed by atoms with Crippen molar-refractivity contribution >= 4 is 23.4 Å². The van der Waals surface area contributed by atoms with Crippen LogP contribution in [0.1, 0.15) is 11.1 Å². The molecule has 1 saturated heterocycles. The topological polar surface area (TPSA) is 44.8 Å². The zero-order valence-corrected chi connectivity index (χ0v) is 18.1. The molecule has 0 atom stereocenters. The molecule has 2 aromatic rings. The molecule has 0 saturated carbocycles. The third-order valence-electron chi connectivity index (χ3n) is 4.74. The number of likely N-dealkylation sites (N-methyl/N-ethyl adjacent to an activating group) is 1. The molecule has 9 heteroatoms. The van der Waals surface area contributed by atoms with Gasteiger partial charge < -0.3 is 10.1 Å². The van der Waals surface area contributed by atoms with Crippen LogP contribution in [0.5, 0.6) is 5.75 Å². The predicted octanol–water partition coefficient (Wildman–Crippen LogP) is 4.20. The van der Waals surface area contributed by atoms with Gasteiger partial charge in [-0.25, -0.2) is 0 Å². The second kappa shape index (κ2) is 10.9. The summed E-state index contributed by atoms with van der Waals surface area (Å²) in [5.41, 5.74) is 2.71. The molecule has 0 unspecified atom stereocenters. The first-order valence-electron chi connectivity index (χ1n) is 9.99. The summed E-state index contributed by atoms with van der Waals surface area (Å²) in [7, 11) is 1.78. The van der Waals surface area contributed by atoms with Crippen LogP contribution >= 0.6 is 11.8 Å². The lowest BCUT2D eigenvalue weighted by molar-refractivity contribution is -0.274. The highest BCUT2D eigenvalue weighted by atomic mass is 32.2. The van der Waals surface area contributed by atoms with E-state index in [9.17, 15) is 18.0 Å². The van der Waals surface area contributed by atoms with Crippen LogP contribution in [-0.2, 0) is 17.9 Å². The Morgan fingerprint density at radius 3 is 2.52 bits per heavy atom. The van der Waals surface area contributed by atoms with E-state index in [-0.39, 0.29) is 18.2 Å². The van der Waals surface area contributed by atoms with E-state index in [1.54, 1.807) is 24.1 Å². The minimum absolute atomic E-state index is 0.147. The fourth-order valence-electron chi connectivity index (χ4n) is 3.37. The van der Waals surface area contributed by atoms with Gasteiger partial charge >= 0.3 is 6.36 Å². The molecule has 0 radical (unpaired) electrons. The van der Waals surface area contributed by atoms with Gasteiger partial charge in [0.1, 0.15) is 5.75 Å². The van der Waals surface area contributed by atoms with Crippen LogP contribution in [0.2, 0.25) is 0 Å². The van der Waals surface area contributed by atoms with Gasteiger partial charge in [0.2, 0.25) is 5.91 Å². The highest BCUT2D eigenvalue weighted by Gasteiger charge is 2.30. The molecule has 1 aliphatic rings. The van der Waals surface area contributed by atoms with Crippen LogP contribution in [-0.4, -0.2) is 60.3 Å². The normalized spacial score (nSPS) is 15.1. The Morgan fingerprint density at radius 1 is 1.13 bits per heavy atom. The number of nitrogens with one attached hydrogen (secondary N) is 1. The first-order chi connectivity index (χ1) is 14.8. The van der Waals surface area contributed by atoms with Crippen LogP contribution in [0.3, 0.4) is 0 Å². The maximum absolute atomic E-state index is 12.4. The van der Waals surface area contributed by atoms with Gasteiger partial charge in [0.05, 0.1) is 6.54 Å². The van der Waals surface area contributed by atoms with Crippen LogP contribution < -0.4 is 10.1 Å². The van der Waals surface area contributed by atoms with Crippen LogP contribution in [0.4, 0.5) is 18.9 Å². The number of carbonyl (C=O) groups excluding carboxylic acids is 1. The molecule has 0 aliphatic carbocycles. The Balaban J connectivity index is 1.47. The lowest BCUT2D eigenvalue weighted by atomic mass is 10.2. The van der Waals surface area contributed by atoms with E-state index < -0.39 is 6.36 Å². The molecule has 1 aliphatic heterocycles. The van der Waals surface area contributed by atoms with Gasteiger partial charge in [-0.15, -0.1) is 13.2 Å². The molecule has 3 rings (SSSR count). The molecule has 0 spiro atoms. The number of amides is 1. The molecular weight excluding hydrogens is 427 g/mol. The Morgan fingerprint density at radius 2 is 1.84 bits per heavy atom. The van der Waals surface area contributed by atoms with Gasteiger partial charge in [-0.2, -0.15) is 11.8 Å². The highest BCUT2D eigenvalue weighted by Crippen LogP contribution is 2.23. The number of hydrogen-bond donors (Lipinski definition) is 1. The van der Waals surface area contributed by atoms with Crippen LogP contribution in [0.25, 0.3) is 0 Å². The molecule has 1 fully saturated rings. The molecule has 0 aromatic heterocycles. The van der Waals surface area contributed by atoms with E-state index in [0.717, 1.165) is 42.4 Å². The summed E-state index contributed by atoms with van der Waals surface area (Å²) >= 11 is 1.97. The maximum Gasteiger partial charge on any atom is 0.573 e. The van der Waals surface area contributed by atoms with Crippen molar-refractivity contribution in [3.05, 3.63) is 59.7 Å². The number of alkyl halides is 3. The van der Waals surface area contributed by atoms with Crippen LogP contribution in [0, 0.1) is 0 Å². The molecule has 31 heavy (non-hydrogen) atoms. The average Bonchev–Trinajstić information content (AvgIpc) is 2.69. The second-order valence-corrected chi connectivity index (χ2v) is 8.73. The lowest BCUT2D eigenvalue weighted by Gasteiger charge is -2.26. The second-order valence-electron chi connectivity index (χ2n) is 7.50. The Kier molecular flexibility index (Phi) is 8.22. The van der Waals surface area contributed by atoms with Crippen molar-refractivity contribution in [1.29, 1.82) is 0 Å². The SMILES string of the molecule is CN(CC(=O)Nc1cccc(CN2CCSCC2)c1)Cc1ccc(OC(F)(F)F)cc1. The Labute approximate surface area is 184 Å². The zero-order chi connectivity index (χ0) is 22.3. The van der Waals surface area contributed by atoms with Crippen molar-refractivity contribution in [2.45, 2.75) is 19.5 Å². The summed E-state index contributed by atoms with van der Waals surface area (Å²) in [6, 6.07) is 13.5. The summed E-state index contributed by atoms with van der Waals surface area (Å²) in [4.78, 5) is 16.6. The first-order valence-corrected chi connectivity index (χ1v) is 11.1. The number of carbonyl (C=O) groups is 1. The van der Waals surface area contributed by atoms with Crippen molar-refractivity contribution in [3.8, 4) is 5.75 Å². The Hall–Kier alpha value is -2.23. The summed E-state index contributed by atoms with van der Waals surface area (Å²) in [5, 5.41) is 2.92. The number of hydrogen-bond acceptors (Lipinski definition) is 5. The summed E-state index contributed by atoms with van der Waals surface area (Å²) in [6.45, 7) is 3.62. The van der Waals surface area contributed by atoms with Crippen molar-refractivity contribution in [2.75, 3.05) is 43.5 Å². The van der Waals surface area contributed by atoms with E-state index in [1.165, 1.54) is 17.7 Å². The van der Waals surface area contributed by atoms with E-state index in [1.807, 2.05) is 30.0 Å². The number of ether oxygens (including phenoxy) is 1. The van der Waals surface area contributed by atoms with E-state index in [0.29, 0.717) is 6.54 Å². The fourth-order valence-corrected chi connectivity index (χ4v) is 4.35. The standard InChI is InChI=1S/C22H26F3N3O2S/c1-27(14-17-5-7-20(8-6-17)30-22(23,24)25)16-21(29)26-19-4-2-3-18(13-19)15-28-9-11-31-12-10-28/h2-8,13H,9-12,14-16H2,1H3,(H,26,29). The molecule has 1 heterocycles. The summed E-state index contributed by atoms with van der Waals surface area (Å²) in [6.07, 6.45) is -4.71. The molecule has 168 valence electrons. The number of rotatable bonds is 8. The monoisotopic (exact) mass is 453 g/mol. The van der Waals surface area contributed by atoms with E-state index in [2.05, 4.69) is 21.0 Å². The number of nitrogens with zero attached hydrogens (tertiary/aromatic N) is 2. The Bertz CT molecular complexity index is 856. The molecule has 5 nitrogen and oxygen atoms in total. The molecule has 1 N–H and O–H groups in total. The quantitative estimate of drug-likeness (QED) is 0.649. The fraction of sp³-hybridized carbons (Fsp3) is 0.409. The first kappa shape index (κ1) is 23.4. The number of benzene rings is 2. The van der Waals surface area contributed by atoms with Crippen molar-refractivity contribution in [2.24, 2.45) is 0 Å². The minimum Gasteiger partial charge on any atom is -0.406 e. The largest absolute Gasteiger partial charge is 0.573 e. The number of thioether (sulfide) groups is 1. The minimum atomic E-state index is -4.71. The molecular formula is C22H26F3N3O2S. The van der Waals surface area contributed by atoms with Gasteiger partial charge in [-0.3, -0.25) is 14.6 Å². The summed E-state index contributed by atoms with van der Waals surface area (Å²) < 4.78 is 40.6. The maximum atomic E-state index is 12.4. The highest BCUT2D eigenvalue weighted by molar-refractivity contribution is 7.99. The van der Waals surface area contributed by atoms with Crippen LogP contribution in [0.15, 0.2) is 48.5 Å². The number of anilines is 1. The van der Waals surface area contributed by atoms with Gasteiger partial charge in [0.15, 0.2) is 0 Å². The smallest absolute Gasteiger partial charge is 0.406 e. The lowest BCUT2D eigenvalue weighted by Crippen LogP contribution is -2.32. The molecule has 1 amide bonds. The van der Waals surface area contributed by atoms with E-state index >= 15 is 0 Å². The van der Waals surface area contributed by atoms with Gasteiger partial charge in [0.25, 0.3) is 0 Å². The van der Waals surface area contributed by atoms with Gasteiger partial charge in [-0.05, 0) is 42.4 Å². The zero-order valence-electron chi connectivity index (χ0n) is 17.3. The van der Waals surface area contributed by atoms with Crippen molar-refractivity contribution in [1.82, 2.24) is 9.80 Å². The third kappa shape index (κ3) is 8.43. The summed E-state index contributed by atoms with van der Waals surface area (Å²) in [5.74, 6) is 1.90. The third-order valence-corrected chi connectivity index (χ3v) is 5.69. The van der Waals surface area contributed by atoms with Crippen molar-refractivity contribution < 1.29 is 22.7 Å².